The van der Waals surface area contributed by atoms with Crippen LogP contribution in [0, 0.1) is 0 Å². The summed E-state index contributed by atoms with van der Waals surface area (Å²) in [5.74, 6) is -0.498. The fourth-order valence-corrected chi connectivity index (χ4v) is 7.68. The molecule has 0 aliphatic heterocycles. The highest BCUT2D eigenvalue weighted by molar-refractivity contribution is 5.96. The molecule has 370 valence electrons. The maximum atomic E-state index is 11.7. The molecule has 0 rings (SSSR count). The number of nitrogens with zero attached hydrogens (tertiary/aromatic N) is 1. The van der Waals surface area contributed by atoms with Gasteiger partial charge >= 0.3 is 0 Å². The number of carbonyl (C=O) groups excluding carboxylic acids is 4. The van der Waals surface area contributed by atoms with Gasteiger partial charge in [0.15, 0.2) is 0 Å². The summed E-state index contributed by atoms with van der Waals surface area (Å²) in [6, 6.07) is 0. The number of methoxy groups -OCH3 is 2. The fourth-order valence-electron chi connectivity index (χ4n) is 7.68. The Bertz CT molecular complexity index is 865. The average molecular weight is 882 g/mol. The van der Waals surface area contributed by atoms with Crippen molar-refractivity contribution < 1.29 is 28.7 Å². The molecule has 1 atom stereocenters. The normalized spacial score (nSPS) is 11.4. The van der Waals surface area contributed by atoms with Crippen molar-refractivity contribution in [2.45, 2.75) is 271 Å². The Kier molecular flexibility index (Phi) is 59.4. The van der Waals surface area contributed by atoms with Crippen molar-refractivity contribution in [2.24, 2.45) is 0 Å². The summed E-state index contributed by atoms with van der Waals surface area (Å²) in [5.41, 5.74) is 0. The number of carbonyl (C=O) groups is 4. The van der Waals surface area contributed by atoms with Crippen molar-refractivity contribution in [3.8, 4) is 0 Å². The van der Waals surface area contributed by atoms with Crippen molar-refractivity contribution in [2.75, 3.05) is 47.4 Å². The van der Waals surface area contributed by atoms with Crippen molar-refractivity contribution in [3.05, 3.63) is 0 Å². The Morgan fingerprint density at radius 1 is 0.468 bits per heavy atom. The lowest BCUT2D eigenvalue weighted by molar-refractivity contribution is -0.129. The number of amides is 2. The predicted molar refractivity (Wildman–Crippen MR) is 266 cm³/mol. The molecular weight excluding hydrogens is 775 g/mol. The second kappa shape index (κ2) is 57.2. The Labute approximate surface area is 385 Å². The molecule has 2 amide bonds. The van der Waals surface area contributed by atoms with Crippen LogP contribution in [0.5, 0.6) is 0 Å². The summed E-state index contributed by atoms with van der Waals surface area (Å²) in [6.07, 6.45) is 46.3. The lowest BCUT2D eigenvalue weighted by Crippen LogP contribution is -2.33. The monoisotopic (exact) mass is 882 g/mol. The molecule has 0 saturated heterocycles. The number of hydrogen-bond acceptors (Lipinski definition) is 7. The second-order valence-electron chi connectivity index (χ2n) is 17.6. The minimum Gasteiger partial charge on any atom is -0.381 e. The molecular formula is C53H107N3O6. The summed E-state index contributed by atoms with van der Waals surface area (Å²) < 4.78 is 10.9. The van der Waals surface area contributed by atoms with Gasteiger partial charge < -0.3 is 34.6 Å². The van der Waals surface area contributed by atoms with Gasteiger partial charge in [-0.25, -0.2) is 0 Å². The molecule has 0 radical (unpaired) electrons. The first kappa shape index (κ1) is 64.4. The highest BCUT2D eigenvalue weighted by Crippen LogP contribution is 2.16. The number of hydrogen-bond donors (Lipinski definition) is 2. The Morgan fingerprint density at radius 3 is 1.19 bits per heavy atom. The van der Waals surface area contributed by atoms with Crippen LogP contribution in [0.15, 0.2) is 0 Å². The summed E-state index contributed by atoms with van der Waals surface area (Å²) in [7, 11) is 5.24. The van der Waals surface area contributed by atoms with E-state index in [2.05, 4.69) is 43.2 Å². The number of rotatable bonds is 46. The van der Waals surface area contributed by atoms with Gasteiger partial charge in [0.1, 0.15) is 19.0 Å². The zero-order valence-corrected chi connectivity index (χ0v) is 42.5. The molecule has 0 fully saturated rings. The van der Waals surface area contributed by atoms with Gasteiger partial charge in [0.25, 0.3) is 0 Å². The highest BCUT2D eigenvalue weighted by atomic mass is 16.5. The zero-order chi connectivity index (χ0) is 46.4. The zero-order valence-electron chi connectivity index (χ0n) is 42.5. The standard InChI is InChI=1S/C23H43N3O4.C18H38O.C12H26O/c1-24-22(29)21-23(30)25-15-14-18-26(16-10-6-2-4-8-12-19-27)17-11-7-3-5-9-13-20-28;1-4-6-8-10-12-14-16-18(19-3)17-15-13-11-9-7-5-2;1-4-6-7-8-9-10-11-12(5-2)13-3/h19-20H,2-18,21H2,1H3,(H,24,29)(H,25,30);18H,4-17H2,1-3H3;12H,4-11H2,1-3H3. The fraction of sp³-hybridized carbons (Fsp3) is 0.925. The van der Waals surface area contributed by atoms with Gasteiger partial charge in [-0.15, -0.1) is 0 Å². The van der Waals surface area contributed by atoms with E-state index in [0.29, 0.717) is 31.6 Å². The van der Waals surface area contributed by atoms with Gasteiger partial charge in [-0.1, -0.05) is 182 Å². The summed E-state index contributed by atoms with van der Waals surface area (Å²) in [5, 5.41) is 5.26. The van der Waals surface area contributed by atoms with Crippen LogP contribution >= 0.6 is 0 Å². The number of aldehydes is 2. The van der Waals surface area contributed by atoms with Crippen molar-refractivity contribution in [1.29, 1.82) is 0 Å². The number of ether oxygens (including phenoxy) is 2. The molecule has 9 nitrogen and oxygen atoms in total. The van der Waals surface area contributed by atoms with E-state index in [1.54, 1.807) is 0 Å². The molecule has 0 aliphatic rings. The van der Waals surface area contributed by atoms with Crippen LogP contribution in [-0.4, -0.2) is 88.9 Å². The van der Waals surface area contributed by atoms with Crippen molar-refractivity contribution in [3.63, 3.8) is 0 Å². The van der Waals surface area contributed by atoms with Crippen LogP contribution in [0.4, 0.5) is 0 Å². The van der Waals surface area contributed by atoms with Crippen LogP contribution < -0.4 is 10.6 Å². The molecule has 62 heavy (non-hydrogen) atoms. The van der Waals surface area contributed by atoms with Crippen LogP contribution in [0.2, 0.25) is 0 Å². The number of nitrogens with one attached hydrogen (secondary N) is 2. The van der Waals surface area contributed by atoms with Crippen LogP contribution in [0.25, 0.3) is 0 Å². The molecule has 0 bridgehead atoms. The van der Waals surface area contributed by atoms with Gasteiger partial charge in [-0.2, -0.15) is 0 Å². The maximum Gasteiger partial charge on any atom is 0.229 e. The Balaban J connectivity index is -0.000000926. The second-order valence-corrected chi connectivity index (χ2v) is 17.6. The molecule has 0 aliphatic carbocycles. The lowest BCUT2D eigenvalue weighted by atomic mass is 10.0. The molecule has 1 unspecified atom stereocenters. The Hall–Kier alpha value is -1.84. The summed E-state index contributed by atoms with van der Waals surface area (Å²) >= 11 is 0. The van der Waals surface area contributed by atoms with Crippen LogP contribution in [0.3, 0.4) is 0 Å². The van der Waals surface area contributed by atoms with Gasteiger partial charge in [0.05, 0.1) is 12.2 Å². The molecule has 9 heteroatoms. The van der Waals surface area contributed by atoms with E-state index in [1.165, 1.54) is 168 Å². The maximum absolute atomic E-state index is 11.7. The van der Waals surface area contributed by atoms with E-state index in [4.69, 9.17) is 9.47 Å². The quantitative estimate of drug-likeness (QED) is 0.0355. The van der Waals surface area contributed by atoms with E-state index >= 15 is 0 Å². The summed E-state index contributed by atoms with van der Waals surface area (Å²) in [6.45, 7) is 12.7. The molecule has 0 spiro atoms. The Morgan fingerprint density at radius 2 is 0.823 bits per heavy atom. The minimum atomic E-state index is -0.268. The summed E-state index contributed by atoms with van der Waals surface area (Å²) in [4.78, 5) is 46.0. The predicted octanol–water partition coefficient (Wildman–Crippen LogP) is 13.7. The average Bonchev–Trinajstić information content (AvgIpc) is 3.28. The smallest absolute Gasteiger partial charge is 0.229 e. The molecule has 0 aromatic heterocycles. The lowest BCUT2D eigenvalue weighted by Gasteiger charge is -2.22. The SMILES string of the molecule is CCCCCCCCC(CC)OC.CCCCCCCCC(CCCCCCCC)OC.CNC(=O)CC(=O)NCCCN(CCCCCCCC=O)CCCCCCCC=O. The van der Waals surface area contributed by atoms with E-state index in [-0.39, 0.29) is 18.2 Å². The molecule has 0 aromatic carbocycles. The molecule has 0 saturated carbocycles. The van der Waals surface area contributed by atoms with E-state index < -0.39 is 0 Å². The van der Waals surface area contributed by atoms with Crippen LogP contribution in [0.1, 0.15) is 259 Å². The highest BCUT2D eigenvalue weighted by Gasteiger charge is 2.09. The molecule has 0 aromatic rings. The van der Waals surface area contributed by atoms with E-state index in [0.717, 1.165) is 83.6 Å². The third-order valence-corrected chi connectivity index (χ3v) is 11.9. The minimum absolute atomic E-state index is 0.117. The van der Waals surface area contributed by atoms with Gasteiger partial charge in [-0.05, 0) is 77.4 Å². The first-order chi connectivity index (χ1) is 30.3. The van der Waals surface area contributed by atoms with Crippen molar-refractivity contribution in [1.82, 2.24) is 15.5 Å². The molecule has 0 heterocycles. The van der Waals surface area contributed by atoms with Gasteiger partial charge in [0.2, 0.25) is 11.8 Å². The third kappa shape index (κ3) is 54.3. The van der Waals surface area contributed by atoms with Crippen LogP contribution in [-0.2, 0) is 28.7 Å². The first-order valence-corrected chi connectivity index (χ1v) is 26.5. The van der Waals surface area contributed by atoms with E-state index in [1.807, 2.05) is 14.2 Å². The van der Waals surface area contributed by atoms with E-state index in [9.17, 15) is 19.2 Å². The van der Waals surface area contributed by atoms with Crippen molar-refractivity contribution >= 4 is 24.4 Å². The van der Waals surface area contributed by atoms with Gasteiger partial charge in [-0.3, -0.25) is 9.59 Å². The topological polar surface area (TPSA) is 114 Å². The third-order valence-electron chi connectivity index (χ3n) is 11.9. The number of unbranched alkanes of at least 4 members (excludes halogenated alkanes) is 25. The first-order valence-electron chi connectivity index (χ1n) is 26.5. The molecule has 2 N–H and O–H groups in total. The van der Waals surface area contributed by atoms with Gasteiger partial charge in [0, 0.05) is 40.7 Å². The largest absolute Gasteiger partial charge is 0.381 e.